The lowest BCUT2D eigenvalue weighted by atomic mass is 10.0. The van der Waals surface area contributed by atoms with Gasteiger partial charge < -0.3 is 20.3 Å². The molecule has 0 amide bonds. The summed E-state index contributed by atoms with van der Waals surface area (Å²) in [6, 6.07) is 18.2. The summed E-state index contributed by atoms with van der Waals surface area (Å²) in [5.74, 6) is 1.30. The fourth-order valence-electron chi connectivity index (χ4n) is 3.66. The number of allylic oxidation sites excluding steroid dienone is 1. The fraction of sp³-hybridized carbons (Fsp3) is 0.320. The molecular weight excluding hydrogens is 400 g/mol. The highest BCUT2D eigenvalue weighted by atomic mass is 16.5. The highest BCUT2D eigenvalue weighted by Crippen LogP contribution is 2.28. The summed E-state index contributed by atoms with van der Waals surface area (Å²) in [7, 11) is 5.66. The van der Waals surface area contributed by atoms with Crippen molar-refractivity contribution in [3.8, 4) is 5.75 Å². The normalized spacial score (nSPS) is 16.1. The van der Waals surface area contributed by atoms with Gasteiger partial charge in [-0.05, 0) is 38.6 Å². The van der Waals surface area contributed by atoms with Crippen LogP contribution in [0.25, 0.3) is 0 Å². The van der Waals surface area contributed by atoms with E-state index in [9.17, 15) is 0 Å². The molecule has 0 radical (unpaired) electrons. The fourth-order valence-corrected chi connectivity index (χ4v) is 3.66. The number of nitrogens with one attached hydrogen (secondary N) is 3. The van der Waals surface area contributed by atoms with Crippen LogP contribution in [-0.4, -0.2) is 56.0 Å². The van der Waals surface area contributed by atoms with Crippen molar-refractivity contribution in [3.05, 3.63) is 71.4 Å². The zero-order chi connectivity index (χ0) is 23.1. The first kappa shape index (κ1) is 23.2. The largest absolute Gasteiger partial charge is 0.487 e. The lowest BCUT2D eigenvalue weighted by molar-refractivity contribution is 0.202. The molecule has 1 unspecified atom stereocenters. The molecule has 3 N–H and O–H groups in total. The van der Waals surface area contributed by atoms with Gasteiger partial charge in [-0.3, -0.25) is 5.41 Å². The van der Waals surface area contributed by atoms with E-state index < -0.39 is 0 Å². The van der Waals surface area contributed by atoms with Crippen molar-refractivity contribution < 1.29 is 4.74 Å². The van der Waals surface area contributed by atoms with Crippen molar-refractivity contribution in [2.24, 2.45) is 10.2 Å². The third-order valence-corrected chi connectivity index (χ3v) is 5.17. The van der Waals surface area contributed by atoms with E-state index in [4.69, 9.17) is 10.1 Å². The molecule has 0 aromatic heterocycles. The van der Waals surface area contributed by atoms with E-state index in [1.807, 2.05) is 77.5 Å². The number of hydrogen-bond acceptors (Lipinski definition) is 7. The first-order valence-electron chi connectivity index (χ1n) is 10.7. The Labute approximate surface area is 190 Å². The maximum Gasteiger partial charge on any atom is 0.176 e. The summed E-state index contributed by atoms with van der Waals surface area (Å²) < 4.78 is 6.43. The maximum atomic E-state index is 8.62. The topological polar surface area (TPSA) is 85.1 Å². The molecular formula is C25H32N6O. The van der Waals surface area contributed by atoms with Crippen molar-refractivity contribution in [1.82, 2.24) is 10.2 Å². The molecule has 1 heterocycles. The van der Waals surface area contributed by atoms with E-state index in [0.29, 0.717) is 17.3 Å². The molecule has 7 nitrogen and oxygen atoms in total. The second-order valence-corrected chi connectivity index (χ2v) is 7.99. The molecule has 2 aromatic rings. The number of nitrogens with zero attached hydrogens (tertiary/aromatic N) is 3. The van der Waals surface area contributed by atoms with Gasteiger partial charge in [-0.1, -0.05) is 42.5 Å². The highest BCUT2D eigenvalue weighted by molar-refractivity contribution is 6.53. The molecule has 0 bridgehead atoms. The van der Waals surface area contributed by atoms with Crippen LogP contribution in [0.4, 0.5) is 5.69 Å². The van der Waals surface area contributed by atoms with E-state index in [1.54, 1.807) is 4.90 Å². The van der Waals surface area contributed by atoms with Gasteiger partial charge in [-0.15, -0.1) is 5.10 Å². The predicted octanol–water partition coefficient (Wildman–Crippen LogP) is 3.95. The van der Waals surface area contributed by atoms with Gasteiger partial charge in [0.15, 0.2) is 5.84 Å². The Morgan fingerprint density at radius 2 is 1.75 bits per heavy atom. The summed E-state index contributed by atoms with van der Waals surface area (Å²) in [6.45, 7) is 4.55. The summed E-state index contributed by atoms with van der Waals surface area (Å²) in [5, 5.41) is 23.7. The molecule has 1 aliphatic heterocycles. The molecule has 7 heteroatoms. The standard InChI is InChI=1S/C25H32N6O/c1-17(23-18(2)29-30-25(24(23)26)31(4)5)28-21-13-9-10-14-22(21)32-20(16-27-3)15-19-11-7-6-8-12-19/h6-14,20,26-28H,15-16H2,1-5H3/b23-17-,26-24?. The van der Waals surface area contributed by atoms with Gasteiger partial charge in [0.2, 0.25) is 0 Å². The van der Waals surface area contributed by atoms with Crippen LogP contribution in [0.15, 0.2) is 76.1 Å². The van der Waals surface area contributed by atoms with E-state index in [1.165, 1.54) is 5.56 Å². The molecule has 3 rings (SSSR count). The van der Waals surface area contributed by atoms with Gasteiger partial charge in [-0.25, -0.2) is 0 Å². The first-order chi connectivity index (χ1) is 15.4. The number of amidine groups is 1. The Balaban J connectivity index is 1.84. The number of rotatable bonds is 8. The molecule has 1 atom stereocenters. The number of likely N-dealkylation sites (N-methyl/N-ethyl adjacent to an activating group) is 1. The quantitative estimate of drug-likeness (QED) is 0.590. The van der Waals surface area contributed by atoms with Crippen LogP contribution in [0.1, 0.15) is 19.4 Å². The summed E-state index contributed by atoms with van der Waals surface area (Å²) in [4.78, 5) is 1.80. The van der Waals surface area contributed by atoms with E-state index in [0.717, 1.165) is 35.7 Å². The summed E-state index contributed by atoms with van der Waals surface area (Å²) in [5.41, 5.74) is 4.71. The van der Waals surface area contributed by atoms with Crippen molar-refractivity contribution in [3.63, 3.8) is 0 Å². The minimum Gasteiger partial charge on any atom is -0.487 e. The smallest absolute Gasteiger partial charge is 0.176 e. The SMILES string of the molecule is CNCC(Cc1ccccc1)Oc1ccccc1N/C(C)=C1\C(=N)C(N(C)C)=NN=C1C. The number of para-hydroxylation sites is 2. The molecule has 0 spiro atoms. The van der Waals surface area contributed by atoms with Crippen LogP contribution in [0, 0.1) is 5.41 Å². The zero-order valence-corrected chi connectivity index (χ0v) is 19.4. The van der Waals surface area contributed by atoms with Gasteiger partial charge in [0, 0.05) is 38.3 Å². The zero-order valence-electron chi connectivity index (χ0n) is 19.4. The Hall–Kier alpha value is -3.45. The average Bonchev–Trinajstić information content (AvgIpc) is 2.76. The maximum absolute atomic E-state index is 8.62. The first-order valence-corrected chi connectivity index (χ1v) is 10.7. The second kappa shape index (κ2) is 10.7. The molecule has 0 saturated heterocycles. The van der Waals surface area contributed by atoms with Gasteiger partial charge >= 0.3 is 0 Å². The van der Waals surface area contributed by atoms with Crippen molar-refractivity contribution in [2.75, 3.05) is 33.0 Å². The van der Waals surface area contributed by atoms with E-state index in [-0.39, 0.29) is 6.10 Å². The van der Waals surface area contributed by atoms with Crippen LogP contribution in [0.3, 0.4) is 0 Å². The van der Waals surface area contributed by atoms with Gasteiger partial charge in [-0.2, -0.15) is 5.10 Å². The third kappa shape index (κ3) is 5.62. The molecule has 0 fully saturated rings. The third-order valence-electron chi connectivity index (χ3n) is 5.17. The van der Waals surface area contributed by atoms with Crippen molar-refractivity contribution in [1.29, 1.82) is 5.41 Å². The van der Waals surface area contributed by atoms with Crippen molar-refractivity contribution >= 4 is 22.9 Å². The van der Waals surface area contributed by atoms with Crippen molar-refractivity contribution in [2.45, 2.75) is 26.4 Å². The van der Waals surface area contributed by atoms with Crippen LogP contribution in [0.5, 0.6) is 5.75 Å². The minimum atomic E-state index is -0.0259. The Morgan fingerprint density at radius 1 is 1.06 bits per heavy atom. The molecule has 168 valence electrons. The average molecular weight is 433 g/mol. The number of anilines is 1. The van der Waals surface area contributed by atoms with E-state index in [2.05, 4.69) is 33.0 Å². The molecule has 32 heavy (non-hydrogen) atoms. The lowest BCUT2D eigenvalue weighted by Gasteiger charge is -2.24. The predicted molar refractivity (Wildman–Crippen MR) is 133 cm³/mol. The van der Waals surface area contributed by atoms with Gasteiger partial charge in [0.25, 0.3) is 0 Å². The van der Waals surface area contributed by atoms with Crippen LogP contribution in [-0.2, 0) is 6.42 Å². The number of benzene rings is 2. The summed E-state index contributed by atoms with van der Waals surface area (Å²) in [6.07, 6.45) is 0.775. The van der Waals surface area contributed by atoms with Gasteiger partial charge in [0.1, 0.15) is 17.6 Å². The van der Waals surface area contributed by atoms with Crippen LogP contribution < -0.4 is 15.4 Å². The Kier molecular flexibility index (Phi) is 7.78. The summed E-state index contributed by atoms with van der Waals surface area (Å²) >= 11 is 0. The Morgan fingerprint density at radius 3 is 2.44 bits per heavy atom. The monoisotopic (exact) mass is 432 g/mol. The second-order valence-electron chi connectivity index (χ2n) is 7.99. The Bertz CT molecular complexity index is 1040. The number of hydrogen-bond donors (Lipinski definition) is 3. The van der Waals surface area contributed by atoms with Crippen LogP contribution >= 0.6 is 0 Å². The highest BCUT2D eigenvalue weighted by Gasteiger charge is 2.24. The molecule has 0 aliphatic carbocycles. The number of ether oxygens (including phenoxy) is 1. The van der Waals surface area contributed by atoms with Crippen LogP contribution in [0.2, 0.25) is 0 Å². The molecule has 1 aliphatic rings. The van der Waals surface area contributed by atoms with Gasteiger partial charge in [0.05, 0.1) is 11.4 Å². The van der Waals surface area contributed by atoms with E-state index >= 15 is 0 Å². The lowest BCUT2D eigenvalue weighted by Crippen LogP contribution is -2.35. The minimum absolute atomic E-state index is 0.0259. The molecule has 0 saturated carbocycles. The molecule has 2 aromatic carbocycles.